The van der Waals surface area contributed by atoms with Crippen molar-refractivity contribution < 1.29 is 19.2 Å². The first-order valence-corrected chi connectivity index (χ1v) is 51.4. The second-order valence-electron chi connectivity index (χ2n) is 31.1. The molecule has 0 fully saturated rings. The molecule has 0 radical (unpaired) electrons. The van der Waals surface area contributed by atoms with Crippen LogP contribution in [-0.2, 0) is 12.8 Å². The summed E-state index contributed by atoms with van der Waals surface area (Å²) in [4.78, 5) is 75.3. The fourth-order valence-corrected chi connectivity index (χ4v) is 41.2. The lowest BCUT2D eigenvalue weighted by atomic mass is 10.0. The lowest BCUT2D eigenvalue weighted by molar-refractivity contribution is 0.0636. The molecule has 0 N–H and O–H groups in total. The van der Waals surface area contributed by atoms with Crippen LogP contribution in [0.2, 0.25) is 12.1 Å². The monoisotopic (exact) mass is 1560 g/mol. The zero-order valence-corrected chi connectivity index (χ0v) is 73.2. The van der Waals surface area contributed by atoms with Gasteiger partial charge in [-0.2, -0.15) is 0 Å². The third kappa shape index (κ3) is 17.1. The van der Waals surface area contributed by atoms with Crippen molar-refractivity contribution in [3.63, 3.8) is 0 Å². The van der Waals surface area contributed by atoms with Gasteiger partial charge in [0.05, 0.1) is 32.0 Å². The van der Waals surface area contributed by atoms with Gasteiger partial charge in [0.2, 0.25) is 0 Å². The average Bonchev–Trinajstić information content (AvgIpc) is 1.53. The third-order valence-corrected chi connectivity index (χ3v) is 43.8. The highest BCUT2D eigenvalue weighted by Crippen LogP contribution is 2.52. The largest absolute Gasteiger partial charge is 0.274 e. The van der Waals surface area contributed by atoms with Crippen molar-refractivity contribution in [3.8, 4) is 39.0 Å². The Balaban J connectivity index is 0.000000208. The molecule has 4 atom stereocenters. The molecular weight excluding hydrogens is 1440 g/mol. The third-order valence-electron chi connectivity index (χ3n) is 23.5. The van der Waals surface area contributed by atoms with Crippen molar-refractivity contribution in [1.29, 1.82) is 0 Å². The van der Waals surface area contributed by atoms with Gasteiger partial charge < -0.3 is 0 Å². The van der Waals surface area contributed by atoms with Gasteiger partial charge in [-0.05, 0) is 152 Å². The number of thiophene rings is 7. The van der Waals surface area contributed by atoms with Gasteiger partial charge in [0.1, 0.15) is 0 Å². The van der Waals surface area contributed by atoms with E-state index in [1.54, 1.807) is 67.8 Å². The number of hydrogen-bond donors (Lipinski definition) is 0. The molecule has 0 bridgehead atoms. The predicted molar refractivity (Wildman–Crippen MR) is 464 cm³/mol. The number of fused-ring (bicyclic) bond motifs is 8. The van der Waals surface area contributed by atoms with Gasteiger partial charge in [-0.15, -0.1) is 79.4 Å². The highest BCUT2D eigenvalue weighted by atomic mass is 32.1. The molecular formula is C89H122N2O4S7Si2. The molecule has 0 aliphatic carbocycles. The second-order valence-corrected chi connectivity index (χ2v) is 47.4. The summed E-state index contributed by atoms with van der Waals surface area (Å²) in [5.41, 5.74) is 4.15. The summed E-state index contributed by atoms with van der Waals surface area (Å²) in [5.74, 6) is 1.07. The zero-order chi connectivity index (χ0) is 73.7. The summed E-state index contributed by atoms with van der Waals surface area (Å²) in [5, 5.41) is 7.95. The van der Waals surface area contributed by atoms with Crippen LogP contribution in [0.5, 0.6) is 0 Å². The fraction of sp³-hybridized carbons (Fsp3) is 0.573. The average molecular weight is 1560 g/mol. The molecule has 104 heavy (non-hydrogen) atoms. The van der Waals surface area contributed by atoms with Crippen LogP contribution in [0.4, 0.5) is 0 Å². The van der Waals surface area contributed by atoms with Crippen LogP contribution in [0.1, 0.15) is 326 Å². The summed E-state index contributed by atoms with van der Waals surface area (Å²) in [6.07, 6.45) is 40.7. The first kappa shape index (κ1) is 80.8. The smallest absolute Gasteiger partial charge is 0.263 e. The van der Waals surface area contributed by atoms with Gasteiger partial charge in [0.25, 0.3) is 23.6 Å². The van der Waals surface area contributed by atoms with Gasteiger partial charge in [-0.3, -0.25) is 29.0 Å². The van der Waals surface area contributed by atoms with Gasteiger partial charge in [0.15, 0.2) is 16.1 Å². The molecule has 4 unspecified atom stereocenters. The highest BCUT2D eigenvalue weighted by Gasteiger charge is 2.54. The fourth-order valence-electron chi connectivity index (χ4n) is 17.6. The molecule has 4 aliphatic rings. The Kier molecular flexibility index (Phi) is 29.5. The molecule has 11 heterocycles. The maximum absolute atomic E-state index is 14.1. The molecule has 4 aliphatic heterocycles. The summed E-state index contributed by atoms with van der Waals surface area (Å²) in [6.45, 7) is 28.2. The van der Waals surface area contributed by atoms with E-state index < -0.39 is 16.1 Å². The number of aryl methyl sites for hydroxylation is 6. The highest BCUT2D eigenvalue weighted by molar-refractivity contribution is 7.39. The van der Waals surface area contributed by atoms with Crippen LogP contribution in [0.25, 0.3) is 39.0 Å². The van der Waals surface area contributed by atoms with Crippen molar-refractivity contribution in [2.45, 2.75) is 307 Å². The molecule has 6 nitrogen and oxygen atoms in total. The number of unbranched alkanes of at least 4 members (excludes halogenated alkanes) is 21. The Morgan fingerprint density at radius 2 is 0.721 bits per heavy atom. The van der Waals surface area contributed by atoms with E-state index in [4.69, 9.17) is 0 Å². The van der Waals surface area contributed by atoms with Crippen molar-refractivity contribution in [3.05, 3.63) is 113 Å². The Bertz CT molecular complexity index is 4190. The van der Waals surface area contributed by atoms with Crippen LogP contribution in [0.15, 0.2) is 60.7 Å². The Morgan fingerprint density at radius 3 is 1.17 bits per heavy atom. The lowest BCUT2D eigenvalue weighted by Gasteiger charge is -2.33. The minimum absolute atomic E-state index is 0.0694. The van der Waals surface area contributed by atoms with E-state index in [1.807, 2.05) is 59.2 Å². The maximum Gasteiger partial charge on any atom is 0.263 e. The standard InChI is InChI=1S/C46H63NO2S3Si.C43H59NO2S4Si/c1-7-11-14-16-18-20-23-35-24-26-36(27-25-35)53(31-34(10-4)22-13-9-3)38-29-32(5)50-43(38)44-39(53)30-37(52-44)42-41-40(33(6)51-42)45(48)47(46(41)49)28-21-19-17-15-12-8-2;1-7-11-14-16-18-20-25-44-42(45)37-30(6)48-39(38(37)43(44)46)33-27-35-41(50-33)40-34(26-29(5)47-40)51(35,28-31(10-4)21-13-9-3)36-24-23-32(49-36)22-19-17-15-12-8-2/h24-27,29-30,34H,7-23,28,31H2,1-6H3;23-24,26-27,31H,7-22,25,28H2,1-6H3. The van der Waals surface area contributed by atoms with Crippen LogP contribution in [0, 0.1) is 39.5 Å². The number of hydrogen-bond acceptors (Lipinski definition) is 11. The number of benzene rings is 1. The Labute approximate surface area is 656 Å². The summed E-state index contributed by atoms with van der Waals surface area (Å²) in [7, 11) is -4.71. The molecule has 0 spiro atoms. The van der Waals surface area contributed by atoms with Crippen molar-refractivity contribution in [2.24, 2.45) is 11.8 Å². The van der Waals surface area contributed by atoms with Crippen molar-refractivity contribution in [2.75, 3.05) is 13.1 Å². The molecule has 7 aromatic heterocycles. The maximum atomic E-state index is 14.1. The van der Waals surface area contributed by atoms with Gasteiger partial charge >= 0.3 is 0 Å². The molecule has 1 aromatic carbocycles. The van der Waals surface area contributed by atoms with Gasteiger partial charge in [0, 0.05) is 71.2 Å². The topological polar surface area (TPSA) is 74.8 Å². The normalized spacial score (nSPS) is 17.0. The van der Waals surface area contributed by atoms with Gasteiger partial charge in [-0.25, -0.2) is 0 Å². The summed E-state index contributed by atoms with van der Waals surface area (Å²) >= 11 is 13.2. The number of imide groups is 2. The van der Waals surface area contributed by atoms with E-state index in [0.717, 1.165) is 51.6 Å². The Morgan fingerprint density at radius 1 is 0.346 bits per heavy atom. The number of nitrogens with zero attached hydrogens (tertiary/aromatic N) is 2. The first-order valence-electron chi connectivity index (χ1n) is 41.3. The minimum atomic E-state index is -2.38. The first-order chi connectivity index (χ1) is 50.6. The van der Waals surface area contributed by atoms with E-state index in [2.05, 4.69) is 141 Å². The van der Waals surface area contributed by atoms with Crippen LogP contribution >= 0.6 is 79.4 Å². The molecule has 15 heteroatoms. The van der Waals surface area contributed by atoms with Crippen LogP contribution in [0.3, 0.4) is 0 Å². The zero-order valence-electron chi connectivity index (χ0n) is 65.5. The van der Waals surface area contributed by atoms with E-state index in [9.17, 15) is 19.2 Å². The number of carbonyl (C=O) groups excluding carboxylic acids is 4. The molecule has 0 saturated heterocycles. The van der Waals surface area contributed by atoms with Crippen LogP contribution in [-0.4, -0.2) is 62.7 Å². The number of carbonyl (C=O) groups is 4. The van der Waals surface area contributed by atoms with Crippen molar-refractivity contribution >= 4 is 150 Å². The number of rotatable bonds is 43. The van der Waals surface area contributed by atoms with E-state index in [1.165, 1.54) is 236 Å². The van der Waals surface area contributed by atoms with Crippen LogP contribution < -0.4 is 30.4 Å². The van der Waals surface area contributed by atoms with E-state index >= 15 is 0 Å². The molecule has 0 saturated carbocycles. The molecule has 4 amide bonds. The SMILES string of the molecule is CCCCCCCCN1C(=O)c2c(C)sc(-c3cc4c(s3)-c3sc(C)cc3[Si]4(CC(CC)CCCC)c3ccc(CCCCCCC)s3)c2C1=O.CCCCCCCCc1ccc([Si]2(CC(CC)CCCC)c3cc(C)sc3-c3sc(-c4sc(C)c5c4C(=O)N(CCCCCCCC)C5=O)cc32)cc1. The second kappa shape index (κ2) is 38.0. The summed E-state index contributed by atoms with van der Waals surface area (Å²) < 4.78 is 1.63. The number of amides is 4. The minimum Gasteiger partial charge on any atom is -0.274 e. The predicted octanol–water partition coefficient (Wildman–Crippen LogP) is 25.0. The quantitative estimate of drug-likeness (QED) is 0.0217. The van der Waals surface area contributed by atoms with E-state index in [-0.39, 0.29) is 23.6 Å². The van der Waals surface area contributed by atoms with Crippen molar-refractivity contribution in [1.82, 2.24) is 9.80 Å². The molecule has 8 aromatic rings. The summed E-state index contributed by atoms with van der Waals surface area (Å²) in [6, 6.07) is 27.6. The van der Waals surface area contributed by atoms with Gasteiger partial charge in [-0.1, -0.05) is 259 Å². The molecule has 562 valence electrons. The lowest BCUT2D eigenvalue weighted by Crippen LogP contribution is -2.65. The molecule has 12 rings (SSSR count). The Hall–Kier alpha value is -4.17. The van der Waals surface area contributed by atoms with E-state index in [0.29, 0.717) is 47.2 Å².